The number of carbonyl (C=O) groups excluding carboxylic acids is 2. The van der Waals surface area contributed by atoms with Crippen molar-refractivity contribution in [3.63, 3.8) is 0 Å². The van der Waals surface area contributed by atoms with E-state index in [0.29, 0.717) is 6.42 Å². The number of esters is 2. The standard InChI is InChI=1S/C8H12O4/c1-6(9)11-5-7-3-2-4-8(10)12-7/h7H,2-5H2,1H3. The van der Waals surface area contributed by atoms with E-state index in [9.17, 15) is 9.59 Å². The molecule has 0 aromatic rings. The van der Waals surface area contributed by atoms with Crippen molar-refractivity contribution >= 4 is 11.9 Å². The molecule has 1 aliphatic rings. The lowest BCUT2D eigenvalue weighted by Gasteiger charge is -2.21. The minimum atomic E-state index is -0.336. The molecule has 1 unspecified atom stereocenters. The third-order valence-electron chi connectivity index (χ3n) is 1.68. The first-order valence-corrected chi connectivity index (χ1v) is 4.01. The normalized spacial score (nSPS) is 23.1. The molecule has 1 heterocycles. The van der Waals surface area contributed by atoms with Crippen LogP contribution in [0.3, 0.4) is 0 Å². The first kappa shape index (κ1) is 9.03. The number of ether oxygens (including phenoxy) is 2. The number of cyclic esters (lactones) is 1. The first-order valence-electron chi connectivity index (χ1n) is 4.01. The summed E-state index contributed by atoms with van der Waals surface area (Å²) in [6, 6.07) is 0. The zero-order valence-electron chi connectivity index (χ0n) is 7.04. The van der Waals surface area contributed by atoms with Crippen LogP contribution in [0.2, 0.25) is 0 Å². The summed E-state index contributed by atoms with van der Waals surface area (Å²) in [4.78, 5) is 21.2. The van der Waals surface area contributed by atoms with Gasteiger partial charge in [-0.25, -0.2) is 0 Å². The van der Waals surface area contributed by atoms with E-state index >= 15 is 0 Å². The minimum Gasteiger partial charge on any atom is -0.462 e. The summed E-state index contributed by atoms with van der Waals surface area (Å²) in [7, 11) is 0. The maximum atomic E-state index is 10.8. The number of carbonyl (C=O) groups is 2. The second-order valence-electron chi connectivity index (χ2n) is 2.81. The Balaban J connectivity index is 2.23. The monoisotopic (exact) mass is 172 g/mol. The highest BCUT2D eigenvalue weighted by atomic mass is 16.6. The van der Waals surface area contributed by atoms with Crippen molar-refractivity contribution in [1.82, 2.24) is 0 Å². The van der Waals surface area contributed by atoms with Crippen LogP contribution in [-0.2, 0) is 19.1 Å². The Hall–Kier alpha value is -1.06. The smallest absolute Gasteiger partial charge is 0.306 e. The van der Waals surface area contributed by atoms with E-state index in [4.69, 9.17) is 9.47 Å². The second kappa shape index (κ2) is 4.09. The molecule has 4 nitrogen and oxygen atoms in total. The van der Waals surface area contributed by atoms with Crippen LogP contribution in [0.25, 0.3) is 0 Å². The fourth-order valence-corrected chi connectivity index (χ4v) is 1.11. The lowest BCUT2D eigenvalue weighted by molar-refractivity contribution is -0.162. The molecule has 12 heavy (non-hydrogen) atoms. The molecule has 1 rings (SSSR count). The van der Waals surface area contributed by atoms with Gasteiger partial charge in [-0.3, -0.25) is 9.59 Å². The Kier molecular flexibility index (Phi) is 3.08. The Morgan fingerprint density at radius 1 is 1.75 bits per heavy atom. The molecule has 0 bridgehead atoms. The van der Waals surface area contributed by atoms with Crippen molar-refractivity contribution in [2.45, 2.75) is 32.3 Å². The molecule has 0 radical (unpaired) electrons. The van der Waals surface area contributed by atoms with Crippen molar-refractivity contribution in [2.75, 3.05) is 6.61 Å². The third kappa shape index (κ3) is 2.90. The van der Waals surface area contributed by atoms with Gasteiger partial charge in [-0.2, -0.15) is 0 Å². The number of hydrogen-bond donors (Lipinski definition) is 0. The van der Waals surface area contributed by atoms with Crippen LogP contribution in [0.5, 0.6) is 0 Å². The predicted molar refractivity (Wildman–Crippen MR) is 40.4 cm³/mol. The topological polar surface area (TPSA) is 52.6 Å². The van der Waals surface area contributed by atoms with Crippen LogP contribution in [-0.4, -0.2) is 24.6 Å². The highest BCUT2D eigenvalue weighted by molar-refractivity contribution is 5.70. The van der Waals surface area contributed by atoms with Crippen molar-refractivity contribution in [3.8, 4) is 0 Å². The van der Waals surface area contributed by atoms with E-state index in [1.54, 1.807) is 0 Å². The van der Waals surface area contributed by atoms with Crippen LogP contribution in [0.4, 0.5) is 0 Å². The molecule has 1 atom stereocenters. The summed E-state index contributed by atoms with van der Waals surface area (Å²) in [6.07, 6.45) is 1.87. The van der Waals surface area contributed by atoms with Gasteiger partial charge in [0.1, 0.15) is 12.7 Å². The van der Waals surface area contributed by atoms with Gasteiger partial charge >= 0.3 is 11.9 Å². The van der Waals surface area contributed by atoms with Gasteiger partial charge < -0.3 is 9.47 Å². The summed E-state index contributed by atoms with van der Waals surface area (Å²) in [5.74, 6) is -0.532. The molecule has 1 fully saturated rings. The fourth-order valence-electron chi connectivity index (χ4n) is 1.11. The molecule has 0 spiro atoms. The lowest BCUT2D eigenvalue weighted by atomic mass is 10.1. The zero-order valence-corrected chi connectivity index (χ0v) is 7.04. The van der Waals surface area contributed by atoms with E-state index in [1.165, 1.54) is 6.92 Å². The van der Waals surface area contributed by atoms with Crippen molar-refractivity contribution in [2.24, 2.45) is 0 Å². The maximum Gasteiger partial charge on any atom is 0.306 e. The van der Waals surface area contributed by atoms with Crippen molar-refractivity contribution in [3.05, 3.63) is 0 Å². The fraction of sp³-hybridized carbons (Fsp3) is 0.750. The lowest BCUT2D eigenvalue weighted by Crippen LogP contribution is -2.28. The molecule has 0 aliphatic carbocycles. The second-order valence-corrected chi connectivity index (χ2v) is 2.81. The molecular weight excluding hydrogens is 160 g/mol. The largest absolute Gasteiger partial charge is 0.462 e. The van der Waals surface area contributed by atoms with Gasteiger partial charge in [0.05, 0.1) is 0 Å². The van der Waals surface area contributed by atoms with Crippen molar-refractivity contribution < 1.29 is 19.1 Å². The SMILES string of the molecule is CC(=O)OCC1CCCC(=O)O1. The summed E-state index contributed by atoms with van der Waals surface area (Å²) >= 11 is 0. The molecule has 0 aromatic carbocycles. The van der Waals surface area contributed by atoms with Crippen LogP contribution in [0.15, 0.2) is 0 Å². The van der Waals surface area contributed by atoms with E-state index < -0.39 is 0 Å². The highest BCUT2D eigenvalue weighted by Gasteiger charge is 2.20. The Bertz CT molecular complexity index is 187. The van der Waals surface area contributed by atoms with Gasteiger partial charge in [0.25, 0.3) is 0 Å². The van der Waals surface area contributed by atoms with Gasteiger partial charge in [0, 0.05) is 13.3 Å². The van der Waals surface area contributed by atoms with Crippen molar-refractivity contribution in [1.29, 1.82) is 0 Å². The summed E-state index contributed by atoms with van der Waals surface area (Å²) in [5, 5.41) is 0. The van der Waals surface area contributed by atoms with Crippen LogP contribution in [0, 0.1) is 0 Å². The molecule has 1 saturated heterocycles. The van der Waals surface area contributed by atoms with E-state index in [2.05, 4.69) is 0 Å². The Morgan fingerprint density at radius 3 is 3.08 bits per heavy atom. The maximum absolute atomic E-state index is 10.8. The average Bonchev–Trinajstić information content (AvgIpc) is 2.01. The van der Waals surface area contributed by atoms with E-state index in [1.807, 2.05) is 0 Å². The van der Waals surface area contributed by atoms with Crippen LogP contribution >= 0.6 is 0 Å². The molecule has 0 amide bonds. The summed E-state index contributed by atoms with van der Waals surface area (Å²) < 4.78 is 9.63. The quantitative estimate of drug-likeness (QED) is 0.574. The minimum absolute atomic E-state index is 0.196. The molecule has 68 valence electrons. The number of rotatable bonds is 2. The summed E-state index contributed by atoms with van der Waals surface area (Å²) in [5.41, 5.74) is 0. The molecule has 0 aromatic heterocycles. The van der Waals surface area contributed by atoms with Gasteiger partial charge in [-0.15, -0.1) is 0 Å². The van der Waals surface area contributed by atoms with E-state index in [0.717, 1.165) is 12.8 Å². The van der Waals surface area contributed by atoms with Crippen LogP contribution < -0.4 is 0 Å². The van der Waals surface area contributed by atoms with E-state index in [-0.39, 0.29) is 24.6 Å². The highest BCUT2D eigenvalue weighted by Crippen LogP contribution is 2.13. The molecule has 4 heteroatoms. The molecule has 1 aliphatic heterocycles. The third-order valence-corrected chi connectivity index (χ3v) is 1.68. The molecular formula is C8H12O4. The van der Waals surface area contributed by atoms with Gasteiger partial charge in [-0.1, -0.05) is 0 Å². The Morgan fingerprint density at radius 2 is 2.50 bits per heavy atom. The van der Waals surface area contributed by atoms with Crippen LogP contribution in [0.1, 0.15) is 26.2 Å². The van der Waals surface area contributed by atoms with Gasteiger partial charge in [-0.05, 0) is 12.8 Å². The first-order chi connectivity index (χ1) is 5.68. The predicted octanol–water partition coefficient (Wildman–Crippen LogP) is 0.645. The summed E-state index contributed by atoms with van der Waals surface area (Å²) in [6.45, 7) is 1.53. The van der Waals surface area contributed by atoms with Gasteiger partial charge in [0.15, 0.2) is 0 Å². The molecule has 0 N–H and O–H groups in total. The van der Waals surface area contributed by atoms with Gasteiger partial charge in [0.2, 0.25) is 0 Å². The number of hydrogen-bond acceptors (Lipinski definition) is 4. The average molecular weight is 172 g/mol. The zero-order chi connectivity index (χ0) is 8.97. The Labute approximate surface area is 70.8 Å². The molecule has 0 saturated carbocycles.